The molecule has 5 nitrogen and oxygen atoms in total. The summed E-state index contributed by atoms with van der Waals surface area (Å²) >= 11 is 1.14. The summed E-state index contributed by atoms with van der Waals surface area (Å²) in [6.45, 7) is 7.60. The van der Waals surface area contributed by atoms with E-state index >= 15 is 0 Å². The van der Waals surface area contributed by atoms with Crippen molar-refractivity contribution >= 4 is 28.7 Å². The monoisotopic (exact) mass is 280 g/mol. The number of hydrogen-bond acceptors (Lipinski definition) is 6. The van der Waals surface area contributed by atoms with Gasteiger partial charge in [-0.1, -0.05) is 0 Å². The predicted molar refractivity (Wildman–Crippen MR) is 74.1 cm³/mol. The van der Waals surface area contributed by atoms with Crippen LogP contribution in [0.2, 0.25) is 0 Å². The molecule has 1 heterocycles. The molecule has 0 N–H and O–H groups in total. The molecule has 0 aliphatic heterocycles. The fourth-order valence-corrected chi connectivity index (χ4v) is 2.32. The highest BCUT2D eigenvalue weighted by atomic mass is 32.1. The summed E-state index contributed by atoms with van der Waals surface area (Å²) in [5, 5.41) is 9.58. The van der Waals surface area contributed by atoms with Crippen LogP contribution in [0.5, 0.6) is 0 Å². The highest BCUT2D eigenvalue weighted by molar-refractivity contribution is 7.18. The van der Waals surface area contributed by atoms with E-state index in [1.165, 1.54) is 6.40 Å². The fraction of sp³-hybridized carbons (Fsp3) is 0.462. The third kappa shape index (κ3) is 3.80. The second-order valence-electron chi connectivity index (χ2n) is 3.99. The van der Waals surface area contributed by atoms with Crippen molar-refractivity contribution in [2.45, 2.75) is 33.8 Å². The van der Waals surface area contributed by atoms with Crippen LogP contribution in [0.25, 0.3) is 0 Å². The molecule has 0 aliphatic carbocycles. The van der Waals surface area contributed by atoms with Crippen LogP contribution in [0.3, 0.4) is 0 Å². The van der Waals surface area contributed by atoms with Crippen molar-refractivity contribution in [3.63, 3.8) is 0 Å². The molecular weight excluding hydrogens is 264 g/mol. The number of ether oxygens (including phenoxy) is 2. The Morgan fingerprint density at radius 2 is 2.26 bits per heavy atom. The van der Waals surface area contributed by atoms with E-state index in [9.17, 15) is 4.79 Å². The van der Waals surface area contributed by atoms with E-state index in [0.717, 1.165) is 11.3 Å². The minimum absolute atomic E-state index is 0.199. The van der Waals surface area contributed by atoms with Crippen LogP contribution in [0, 0.1) is 18.3 Å². The lowest BCUT2D eigenvalue weighted by Gasteiger charge is -2.06. The molecule has 0 aliphatic rings. The molecule has 1 rings (SSSR count). The van der Waals surface area contributed by atoms with Crippen molar-refractivity contribution in [3.05, 3.63) is 16.0 Å². The van der Waals surface area contributed by atoms with Gasteiger partial charge in [-0.25, -0.2) is 9.79 Å². The Balaban J connectivity index is 3.09. The Kier molecular flexibility index (Phi) is 5.52. The minimum Gasteiger partial charge on any atom is -0.483 e. The zero-order chi connectivity index (χ0) is 14.4. The molecule has 0 radical (unpaired) electrons. The van der Waals surface area contributed by atoms with Crippen molar-refractivity contribution in [2.75, 3.05) is 6.61 Å². The average molecular weight is 280 g/mol. The molecule has 0 saturated heterocycles. The maximum atomic E-state index is 11.9. The van der Waals surface area contributed by atoms with Crippen LogP contribution < -0.4 is 0 Å². The molecule has 102 valence electrons. The molecule has 0 amide bonds. The van der Waals surface area contributed by atoms with E-state index < -0.39 is 5.97 Å². The first kappa shape index (κ1) is 15.2. The van der Waals surface area contributed by atoms with Gasteiger partial charge < -0.3 is 9.47 Å². The molecule has 0 fully saturated rings. The zero-order valence-corrected chi connectivity index (χ0v) is 12.2. The molecule has 6 heteroatoms. The van der Waals surface area contributed by atoms with E-state index in [4.69, 9.17) is 14.7 Å². The predicted octanol–water partition coefficient (Wildman–Crippen LogP) is 3.19. The molecule has 1 aromatic rings. The van der Waals surface area contributed by atoms with Gasteiger partial charge >= 0.3 is 5.97 Å². The SMILES string of the molecule is CCOC=Nc1sc(C(=O)OC(C)C)c(C)c1C#N. The van der Waals surface area contributed by atoms with Gasteiger partial charge in [-0.2, -0.15) is 5.26 Å². The molecular formula is C13H16N2O3S. The van der Waals surface area contributed by atoms with Crippen LogP contribution >= 0.6 is 11.3 Å². The summed E-state index contributed by atoms with van der Waals surface area (Å²) in [4.78, 5) is 16.3. The molecule has 0 atom stereocenters. The number of esters is 1. The highest BCUT2D eigenvalue weighted by Crippen LogP contribution is 2.35. The molecule has 1 aromatic heterocycles. The largest absolute Gasteiger partial charge is 0.483 e. The zero-order valence-electron chi connectivity index (χ0n) is 11.4. The van der Waals surface area contributed by atoms with Crippen molar-refractivity contribution in [2.24, 2.45) is 4.99 Å². The van der Waals surface area contributed by atoms with Gasteiger partial charge in [0.15, 0.2) is 6.40 Å². The number of nitrogens with zero attached hydrogens (tertiary/aromatic N) is 2. The number of nitriles is 1. The van der Waals surface area contributed by atoms with Crippen LogP contribution in [-0.2, 0) is 9.47 Å². The Bertz CT molecular complexity index is 527. The van der Waals surface area contributed by atoms with Gasteiger partial charge in [0.25, 0.3) is 0 Å². The van der Waals surface area contributed by atoms with Gasteiger partial charge in [-0.3, -0.25) is 0 Å². The molecule has 0 bridgehead atoms. The number of aliphatic imine (C=N–C) groups is 1. The topological polar surface area (TPSA) is 71.7 Å². The van der Waals surface area contributed by atoms with Gasteiger partial charge in [0.1, 0.15) is 15.9 Å². The summed E-state index contributed by atoms with van der Waals surface area (Å²) in [6.07, 6.45) is 1.08. The number of carbonyl (C=O) groups excluding carboxylic acids is 1. The van der Waals surface area contributed by atoms with E-state index in [1.807, 2.05) is 6.92 Å². The van der Waals surface area contributed by atoms with Gasteiger partial charge in [0.2, 0.25) is 0 Å². The maximum Gasteiger partial charge on any atom is 0.348 e. The smallest absolute Gasteiger partial charge is 0.348 e. The Morgan fingerprint density at radius 3 is 2.79 bits per heavy atom. The summed E-state index contributed by atoms with van der Waals surface area (Å²) in [6, 6.07) is 2.05. The van der Waals surface area contributed by atoms with E-state index in [2.05, 4.69) is 11.1 Å². The fourth-order valence-electron chi connectivity index (χ4n) is 1.34. The standard InChI is InChI=1S/C13H16N2O3S/c1-5-17-7-15-12-10(6-14)9(4)11(19-12)13(16)18-8(2)3/h7-8H,5H2,1-4H3. The number of hydrogen-bond donors (Lipinski definition) is 0. The Morgan fingerprint density at radius 1 is 1.58 bits per heavy atom. The summed E-state index contributed by atoms with van der Waals surface area (Å²) in [5.41, 5.74) is 0.985. The molecule has 0 unspecified atom stereocenters. The Labute approximate surface area is 116 Å². The first-order chi connectivity index (χ1) is 9.01. The van der Waals surface area contributed by atoms with Gasteiger partial charge in [-0.05, 0) is 33.3 Å². The average Bonchev–Trinajstić information content (AvgIpc) is 2.65. The maximum absolute atomic E-state index is 11.9. The molecule has 19 heavy (non-hydrogen) atoms. The second kappa shape index (κ2) is 6.90. The van der Waals surface area contributed by atoms with Gasteiger partial charge in [0.05, 0.1) is 18.3 Å². The summed E-state index contributed by atoms with van der Waals surface area (Å²) in [5.74, 6) is -0.424. The van der Waals surface area contributed by atoms with Crippen LogP contribution in [0.15, 0.2) is 4.99 Å². The number of rotatable bonds is 5. The van der Waals surface area contributed by atoms with Gasteiger partial charge in [-0.15, -0.1) is 11.3 Å². The van der Waals surface area contributed by atoms with Crippen LogP contribution in [0.1, 0.15) is 41.6 Å². The Hall–Kier alpha value is -1.87. The van der Waals surface area contributed by atoms with Crippen molar-refractivity contribution in [3.8, 4) is 6.07 Å². The molecule has 0 saturated carbocycles. The van der Waals surface area contributed by atoms with Crippen molar-refractivity contribution in [1.29, 1.82) is 5.26 Å². The molecule has 0 aromatic carbocycles. The van der Waals surface area contributed by atoms with Crippen LogP contribution in [0.4, 0.5) is 5.00 Å². The summed E-state index contributed by atoms with van der Waals surface area (Å²) < 4.78 is 10.1. The second-order valence-corrected chi connectivity index (χ2v) is 4.99. The lowest BCUT2D eigenvalue weighted by molar-refractivity contribution is 0.0383. The normalized spacial score (nSPS) is 10.7. The number of carbonyl (C=O) groups is 1. The van der Waals surface area contributed by atoms with E-state index in [0.29, 0.717) is 27.6 Å². The number of thiophene rings is 1. The van der Waals surface area contributed by atoms with E-state index in [-0.39, 0.29) is 6.10 Å². The third-order valence-corrected chi connectivity index (χ3v) is 3.36. The third-order valence-electron chi connectivity index (χ3n) is 2.18. The first-order valence-electron chi connectivity index (χ1n) is 5.89. The van der Waals surface area contributed by atoms with Crippen molar-refractivity contribution < 1.29 is 14.3 Å². The lowest BCUT2D eigenvalue weighted by atomic mass is 10.2. The van der Waals surface area contributed by atoms with Gasteiger partial charge in [0, 0.05) is 0 Å². The van der Waals surface area contributed by atoms with E-state index in [1.54, 1.807) is 20.8 Å². The highest BCUT2D eigenvalue weighted by Gasteiger charge is 2.21. The quantitative estimate of drug-likeness (QED) is 0.472. The lowest BCUT2D eigenvalue weighted by Crippen LogP contribution is -2.11. The van der Waals surface area contributed by atoms with Crippen LogP contribution in [-0.4, -0.2) is 25.1 Å². The molecule has 0 spiro atoms. The first-order valence-corrected chi connectivity index (χ1v) is 6.71. The van der Waals surface area contributed by atoms with Crippen molar-refractivity contribution in [1.82, 2.24) is 0 Å². The minimum atomic E-state index is -0.424. The summed E-state index contributed by atoms with van der Waals surface area (Å²) in [7, 11) is 0.